The van der Waals surface area contributed by atoms with Crippen LogP contribution in [0.5, 0.6) is 11.5 Å². The number of ether oxygens (including phenoxy) is 3. The Morgan fingerprint density at radius 1 is 1.00 bits per heavy atom. The summed E-state index contributed by atoms with van der Waals surface area (Å²) in [5, 5.41) is 1.71. The van der Waals surface area contributed by atoms with E-state index in [-0.39, 0.29) is 28.4 Å². The molecule has 0 aliphatic carbocycles. The van der Waals surface area contributed by atoms with Crippen molar-refractivity contribution in [1.29, 1.82) is 0 Å². The minimum atomic E-state index is -0.925. The number of carbonyl (C=O) groups excluding carboxylic acids is 2. The Hall–Kier alpha value is -4.38. The first-order chi connectivity index (χ1) is 19.2. The lowest BCUT2D eigenvalue weighted by atomic mass is 10.1. The maximum absolute atomic E-state index is 13.6. The van der Waals surface area contributed by atoms with Gasteiger partial charge in [0.15, 0.2) is 11.5 Å². The highest BCUT2D eigenvalue weighted by Gasteiger charge is 2.23. The molecule has 40 heavy (non-hydrogen) atoms. The molecule has 0 saturated heterocycles. The number of carbonyl (C=O) groups is 2. The van der Waals surface area contributed by atoms with E-state index in [0.717, 1.165) is 10.6 Å². The van der Waals surface area contributed by atoms with E-state index in [4.69, 9.17) is 37.4 Å². The predicted molar refractivity (Wildman–Crippen MR) is 152 cm³/mol. The molecule has 0 saturated carbocycles. The van der Waals surface area contributed by atoms with Crippen molar-refractivity contribution in [3.63, 3.8) is 0 Å². The summed E-state index contributed by atoms with van der Waals surface area (Å²) in [6.07, 6.45) is 0. The molecule has 1 aromatic heterocycles. The maximum atomic E-state index is 13.6. The van der Waals surface area contributed by atoms with E-state index in [1.54, 1.807) is 26.2 Å². The number of halogens is 1. The van der Waals surface area contributed by atoms with E-state index in [2.05, 4.69) is 0 Å². The third-order valence-corrected chi connectivity index (χ3v) is 6.79. The normalized spacial score (nSPS) is 11.7. The van der Waals surface area contributed by atoms with E-state index in [1.807, 2.05) is 30.3 Å². The molecule has 0 spiro atoms. The number of hydrogen-bond donors (Lipinski definition) is 2. The van der Waals surface area contributed by atoms with Crippen LogP contribution in [0.25, 0.3) is 16.6 Å². The van der Waals surface area contributed by atoms with Gasteiger partial charge in [-0.3, -0.25) is 24.0 Å². The fourth-order valence-electron chi connectivity index (χ4n) is 4.28. The Kier molecular flexibility index (Phi) is 8.73. The standard InChI is InChI=1S/C29H29ClN4O6/c1-17(18-7-5-4-6-8-18)34(32)28(36)19-9-10-22(30)24(14-19)33-23-16-25(39-3)26(40-12-11-38-2)15-20(23)13-21(27(31)35)29(33)37/h4-10,13-17H,11-12,32H2,1-3H3,(H2,31,35). The van der Waals surface area contributed by atoms with Gasteiger partial charge in [0.05, 0.1) is 36.0 Å². The van der Waals surface area contributed by atoms with Gasteiger partial charge in [-0.2, -0.15) is 0 Å². The van der Waals surface area contributed by atoms with E-state index in [9.17, 15) is 14.4 Å². The van der Waals surface area contributed by atoms with Gasteiger partial charge in [0.1, 0.15) is 12.2 Å². The Balaban J connectivity index is 1.88. The average molecular weight is 565 g/mol. The third-order valence-electron chi connectivity index (χ3n) is 6.47. The topological polar surface area (TPSA) is 139 Å². The van der Waals surface area contributed by atoms with Crippen molar-refractivity contribution < 1.29 is 23.8 Å². The van der Waals surface area contributed by atoms with Gasteiger partial charge in [-0.25, -0.2) is 5.84 Å². The first kappa shape index (κ1) is 28.6. The molecule has 4 N–H and O–H groups in total. The van der Waals surface area contributed by atoms with Crippen molar-refractivity contribution in [1.82, 2.24) is 9.58 Å². The number of aromatic nitrogens is 1. The molecule has 10 nitrogen and oxygen atoms in total. The zero-order valence-electron chi connectivity index (χ0n) is 22.2. The Morgan fingerprint density at radius 2 is 1.73 bits per heavy atom. The average Bonchev–Trinajstić information content (AvgIpc) is 2.96. The van der Waals surface area contributed by atoms with Crippen LogP contribution in [0, 0.1) is 0 Å². The molecule has 1 heterocycles. The van der Waals surface area contributed by atoms with Crippen LogP contribution in [-0.4, -0.2) is 48.8 Å². The van der Waals surface area contributed by atoms with Crippen LogP contribution in [-0.2, 0) is 4.74 Å². The van der Waals surface area contributed by atoms with Crippen molar-refractivity contribution in [3.8, 4) is 17.2 Å². The van der Waals surface area contributed by atoms with Crippen LogP contribution in [0.15, 0.2) is 71.5 Å². The van der Waals surface area contributed by atoms with E-state index in [1.165, 1.54) is 35.9 Å². The monoisotopic (exact) mass is 564 g/mol. The summed E-state index contributed by atoms with van der Waals surface area (Å²) in [5.41, 5.74) is 6.09. The highest BCUT2D eigenvalue weighted by Crippen LogP contribution is 2.34. The van der Waals surface area contributed by atoms with Gasteiger partial charge in [-0.1, -0.05) is 41.9 Å². The molecule has 208 valence electrons. The number of rotatable bonds is 10. The minimum Gasteiger partial charge on any atom is -0.493 e. The van der Waals surface area contributed by atoms with Crippen LogP contribution in [0.1, 0.15) is 39.2 Å². The number of pyridine rings is 1. The summed E-state index contributed by atoms with van der Waals surface area (Å²) in [5.74, 6) is 5.50. The predicted octanol–water partition coefficient (Wildman–Crippen LogP) is 3.85. The Bertz CT molecular complexity index is 1620. The summed E-state index contributed by atoms with van der Waals surface area (Å²) in [7, 11) is 3.01. The molecule has 0 fully saturated rings. The van der Waals surface area contributed by atoms with Crippen molar-refractivity contribution in [2.75, 3.05) is 27.4 Å². The molecule has 3 aromatic carbocycles. The molecule has 0 bridgehead atoms. The van der Waals surface area contributed by atoms with Gasteiger partial charge < -0.3 is 19.9 Å². The molecular formula is C29H29ClN4O6. The Labute approximate surface area is 235 Å². The van der Waals surface area contributed by atoms with Gasteiger partial charge in [-0.05, 0) is 42.8 Å². The molecular weight excluding hydrogens is 536 g/mol. The number of hydrogen-bond acceptors (Lipinski definition) is 7. The van der Waals surface area contributed by atoms with Crippen LogP contribution >= 0.6 is 11.6 Å². The summed E-state index contributed by atoms with van der Waals surface area (Å²) < 4.78 is 17.5. The van der Waals surface area contributed by atoms with Crippen LogP contribution in [0.4, 0.5) is 0 Å². The van der Waals surface area contributed by atoms with Gasteiger partial charge in [0.2, 0.25) is 0 Å². The van der Waals surface area contributed by atoms with Crippen molar-refractivity contribution >= 4 is 34.3 Å². The SMILES string of the molecule is COCCOc1cc2cc(C(N)=O)c(=O)n(-c3cc(C(=O)N(N)C(C)c4ccccc4)ccc3Cl)c2cc1OC. The molecule has 4 aromatic rings. The number of nitrogens with two attached hydrogens (primary N) is 2. The van der Waals surface area contributed by atoms with Crippen molar-refractivity contribution in [2.45, 2.75) is 13.0 Å². The molecule has 2 amide bonds. The first-order valence-corrected chi connectivity index (χ1v) is 12.7. The van der Waals surface area contributed by atoms with Crippen LogP contribution in [0.3, 0.4) is 0 Å². The number of methoxy groups -OCH3 is 2. The highest BCUT2D eigenvalue weighted by molar-refractivity contribution is 6.32. The molecule has 0 aliphatic heterocycles. The quantitative estimate of drug-likeness (QED) is 0.129. The van der Waals surface area contributed by atoms with Crippen LogP contribution in [0.2, 0.25) is 5.02 Å². The first-order valence-electron chi connectivity index (χ1n) is 12.3. The summed E-state index contributed by atoms with van der Waals surface area (Å²) in [4.78, 5) is 39.2. The molecule has 1 unspecified atom stereocenters. The minimum absolute atomic E-state index is 0.153. The fourth-order valence-corrected chi connectivity index (χ4v) is 4.48. The number of primary amides is 1. The van der Waals surface area contributed by atoms with E-state index >= 15 is 0 Å². The molecule has 0 radical (unpaired) electrons. The van der Waals surface area contributed by atoms with Crippen molar-refractivity contribution in [3.05, 3.63) is 98.8 Å². The molecule has 11 heteroatoms. The smallest absolute Gasteiger partial charge is 0.268 e. The maximum Gasteiger partial charge on any atom is 0.268 e. The summed E-state index contributed by atoms with van der Waals surface area (Å²) in [6.45, 7) is 2.38. The summed E-state index contributed by atoms with van der Waals surface area (Å²) >= 11 is 6.57. The van der Waals surface area contributed by atoms with Crippen LogP contribution < -0.4 is 26.6 Å². The largest absolute Gasteiger partial charge is 0.493 e. The number of amides is 2. The molecule has 4 rings (SSSR count). The number of benzene rings is 3. The van der Waals surface area contributed by atoms with Gasteiger partial charge in [-0.15, -0.1) is 0 Å². The van der Waals surface area contributed by atoms with E-state index in [0.29, 0.717) is 29.0 Å². The van der Waals surface area contributed by atoms with Gasteiger partial charge in [0.25, 0.3) is 17.4 Å². The van der Waals surface area contributed by atoms with Gasteiger partial charge in [0, 0.05) is 24.1 Å². The molecule has 1 atom stereocenters. The number of fused-ring (bicyclic) bond motifs is 1. The third kappa shape index (κ3) is 5.64. The summed E-state index contributed by atoms with van der Waals surface area (Å²) in [6, 6.07) is 17.9. The Morgan fingerprint density at radius 3 is 2.38 bits per heavy atom. The number of nitrogens with zero attached hydrogens (tertiary/aromatic N) is 2. The second kappa shape index (κ2) is 12.2. The number of hydrazine groups is 1. The lowest BCUT2D eigenvalue weighted by Gasteiger charge is -2.25. The van der Waals surface area contributed by atoms with E-state index < -0.39 is 23.4 Å². The molecule has 0 aliphatic rings. The second-order valence-corrected chi connectivity index (χ2v) is 9.34. The van der Waals surface area contributed by atoms with Crippen molar-refractivity contribution in [2.24, 2.45) is 11.6 Å². The highest BCUT2D eigenvalue weighted by atomic mass is 35.5. The zero-order chi connectivity index (χ0) is 29.0. The zero-order valence-corrected chi connectivity index (χ0v) is 23.0. The fraction of sp³-hybridized carbons (Fsp3) is 0.207. The second-order valence-electron chi connectivity index (χ2n) is 8.93. The lowest BCUT2D eigenvalue weighted by Crippen LogP contribution is -2.39. The van der Waals surface area contributed by atoms with Gasteiger partial charge >= 0.3 is 0 Å². The lowest BCUT2D eigenvalue weighted by molar-refractivity contribution is 0.0690.